The lowest BCUT2D eigenvalue weighted by molar-refractivity contribution is 0.0374. The Morgan fingerprint density at radius 1 is 0.962 bits per heavy atom. The van der Waals surface area contributed by atoms with E-state index in [1.54, 1.807) is 0 Å². The van der Waals surface area contributed by atoms with Crippen molar-refractivity contribution in [3.63, 3.8) is 0 Å². The van der Waals surface area contributed by atoms with Crippen LogP contribution in [0.4, 0.5) is 0 Å². The molecule has 0 saturated carbocycles. The minimum atomic E-state index is 0.297. The van der Waals surface area contributed by atoms with Crippen molar-refractivity contribution in [2.24, 2.45) is 0 Å². The first-order valence-corrected chi connectivity index (χ1v) is 9.28. The number of nitrogens with zero attached hydrogens (tertiary/aromatic N) is 1. The molecule has 1 fully saturated rings. The second kappa shape index (κ2) is 8.43. The van der Waals surface area contributed by atoms with E-state index >= 15 is 0 Å². The monoisotopic (exact) mass is 355 g/mol. The SMILES string of the molecule is c1ccc(OCc2ccc3c(c2)OCO3)c(CCCN2CCOCC2)c1. The molecule has 138 valence electrons. The van der Waals surface area contributed by atoms with Crippen LogP contribution in [-0.4, -0.2) is 44.5 Å². The average molecular weight is 355 g/mol. The van der Waals surface area contributed by atoms with E-state index in [0.717, 1.165) is 68.5 Å². The number of benzene rings is 2. The number of hydrogen-bond donors (Lipinski definition) is 0. The average Bonchev–Trinajstić information content (AvgIpc) is 3.16. The summed E-state index contributed by atoms with van der Waals surface area (Å²) in [4.78, 5) is 2.47. The van der Waals surface area contributed by atoms with Crippen molar-refractivity contribution in [2.45, 2.75) is 19.4 Å². The van der Waals surface area contributed by atoms with Gasteiger partial charge in [0.25, 0.3) is 0 Å². The van der Waals surface area contributed by atoms with E-state index in [9.17, 15) is 0 Å². The fourth-order valence-electron chi connectivity index (χ4n) is 3.36. The molecular weight excluding hydrogens is 330 g/mol. The van der Waals surface area contributed by atoms with E-state index in [-0.39, 0.29) is 0 Å². The zero-order valence-corrected chi connectivity index (χ0v) is 15.0. The van der Waals surface area contributed by atoms with Crippen LogP contribution in [0.3, 0.4) is 0 Å². The van der Waals surface area contributed by atoms with Crippen LogP contribution < -0.4 is 14.2 Å². The van der Waals surface area contributed by atoms with Crippen molar-refractivity contribution in [3.8, 4) is 17.2 Å². The van der Waals surface area contributed by atoms with Gasteiger partial charge in [0.15, 0.2) is 11.5 Å². The molecule has 0 atom stereocenters. The van der Waals surface area contributed by atoms with Crippen LogP contribution >= 0.6 is 0 Å². The highest BCUT2D eigenvalue weighted by atomic mass is 16.7. The molecule has 5 nitrogen and oxygen atoms in total. The van der Waals surface area contributed by atoms with Gasteiger partial charge in [0.05, 0.1) is 13.2 Å². The summed E-state index contributed by atoms with van der Waals surface area (Å²) in [7, 11) is 0. The molecule has 0 amide bonds. The zero-order chi connectivity index (χ0) is 17.6. The first-order chi connectivity index (χ1) is 12.9. The van der Waals surface area contributed by atoms with E-state index in [0.29, 0.717) is 13.4 Å². The Morgan fingerprint density at radius 2 is 1.81 bits per heavy atom. The van der Waals surface area contributed by atoms with Crippen LogP contribution in [0, 0.1) is 0 Å². The summed E-state index contributed by atoms with van der Waals surface area (Å²) in [5, 5.41) is 0. The maximum Gasteiger partial charge on any atom is 0.231 e. The number of ether oxygens (including phenoxy) is 4. The topological polar surface area (TPSA) is 40.2 Å². The van der Waals surface area contributed by atoms with Crippen molar-refractivity contribution in [1.29, 1.82) is 0 Å². The Kier molecular flexibility index (Phi) is 5.57. The molecule has 4 rings (SSSR count). The van der Waals surface area contributed by atoms with Gasteiger partial charge in [-0.15, -0.1) is 0 Å². The molecule has 0 aliphatic carbocycles. The smallest absolute Gasteiger partial charge is 0.231 e. The Morgan fingerprint density at radius 3 is 2.73 bits per heavy atom. The van der Waals surface area contributed by atoms with Crippen molar-refractivity contribution in [2.75, 3.05) is 39.6 Å². The number of para-hydroxylation sites is 1. The number of fused-ring (bicyclic) bond motifs is 1. The van der Waals surface area contributed by atoms with Crippen LogP contribution in [0.1, 0.15) is 17.5 Å². The molecule has 5 heteroatoms. The Bertz CT molecular complexity index is 728. The molecule has 0 aromatic heterocycles. The first kappa shape index (κ1) is 17.2. The van der Waals surface area contributed by atoms with Crippen molar-refractivity contribution < 1.29 is 18.9 Å². The van der Waals surface area contributed by atoms with Crippen LogP contribution in [0.15, 0.2) is 42.5 Å². The number of rotatable bonds is 7. The molecule has 0 spiro atoms. The fourth-order valence-corrected chi connectivity index (χ4v) is 3.36. The highest BCUT2D eigenvalue weighted by Crippen LogP contribution is 2.33. The molecule has 26 heavy (non-hydrogen) atoms. The van der Waals surface area contributed by atoms with Crippen LogP contribution in [-0.2, 0) is 17.8 Å². The van der Waals surface area contributed by atoms with Gasteiger partial charge in [0, 0.05) is 13.1 Å². The molecule has 2 heterocycles. The third-order valence-electron chi connectivity index (χ3n) is 4.83. The van der Waals surface area contributed by atoms with E-state index in [1.165, 1.54) is 5.56 Å². The number of morpholine rings is 1. The van der Waals surface area contributed by atoms with E-state index in [2.05, 4.69) is 23.1 Å². The van der Waals surface area contributed by atoms with E-state index in [4.69, 9.17) is 18.9 Å². The lowest BCUT2D eigenvalue weighted by Gasteiger charge is -2.26. The van der Waals surface area contributed by atoms with Crippen molar-refractivity contribution in [3.05, 3.63) is 53.6 Å². The Balaban J connectivity index is 1.32. The quantitative estimate of drug-likeness (QED) is 0.762. The summed E-state index contributed by atoms with van der Waals surface area (Å²) in [6.07, 6.45) is 2.15. The molecular formula is C21H25NO4. The summed E-state index contributed by atoms with van der Waals surface area (Å²) >= 11 is 0. The molecule has 2 aliphatic rings. The molecule has 2 aromatic carbocycles. The van der Waals surface area contributed by atoms with Gasteiger partial charge in [-0.2, -0.15) is 0 Å². The molecule has 2 aromatic rings. The van der Waals surface area contributed by atoms with E-state index < -0.39 is 0 Å². The van der Waals surface area contributed by atoms with Crippen molar-refractivity contribution in [1.82, 2.24) is 4.90 Å². The fraction of sp³-hybridized carbons (Fsp3) is 0.429. The summed E-state index contributed by atoms with van der Waals surface area (Å²) in [6.45, 7) is 5.73. The van der Waals surface area contributed by atoms with Gasteiger partial charge >= 0.3 is 0 Å². The predicted octanol–water partition coefficient (Wildman–Crippen LogP) is 3.26. The molecule has 2 aliphatic heterocycles. The maximum absolute atomic E-state index is 6.10. The standard InChI is InChI=1S/C21H25NO4/c1-2-6-19(18(4-1)5-3-9-22-10-12-23-13-11-22)24-15-17-7-8-20-21(14-17)26-16-25-20/h1-2,4,6-8,14H,3,5,9-13,15-16H2. The third-order valence-corrected chi connectivity index (χ3v) is 4.83. The second-order valence-electron chi connectivity index (χ2n) is 6.64. The van der Waals surface area contributed by atoms with Gasteiger partial charge in [0.2, 0.25) is 6.79 Å². The zero-order valence-electron chi connectivity index (χ0n) is 15.0. The van der Waals surface area contributed by atoms with Crippen LogP contribution in [0.25, 0.3) is 0 Å². The van der Waals surface area contributed by atoms with Gasteiger partial charge in [-0.05, 0) is 48.7 Å². The van der Waals surface area contributed by atoms with Crippen LogP contribution in [0.2, 0.25) is 0 Å². The molecule has 1 saturated heterocycles. The first-order valence-electron chi connectivity index (χ1n) is 9.28. The largest absolute Gasteiger partial charge is 0.489 e. The van der Waals surface area contributed by atoms with Gasteiger partial charge in [0.1, 0.15) is 12.4 Å². The lowest BCUT2D eigenvalue weighted by Crippen LogP contribution is -2.36. The van der Waals surface area contributed by atoms with Crippen LogP contribution in [0.5, 0.6) is 17.2 Å². The predicted molar refractivity (Wildman–Crippen MR) is 98.9 cm³/mol. The third kappa shape index (κ3) is 4.29. The molecule has 0 bridgehead atoms. The summed E-state index contributed by atoms with van der Waals surface area (Å²) in [5.74, 6) is 2.56. The molecule has 0 N–H and O–H groups in total. The van der Waals surface area contributed by atoms with Crippen molar-refractivity contribution >= 4 is 0 Å². The Hall–Kier alpha value is -2.24. The summed E-state index contributed by atoms with van der Waals surface area (Å²) < 4.78 is 22.3. The normalized spacial score (nSPS) is 16.6. The van der Waals surface area contributed by atoms with Gasteiger partial charge in [-0.3, -0.25) is 4.90 Å². The molecule has 0 radical (unpaired) electrons. The lowest BCUT2D eigenvalue weighted by atomic mass is 10.1. The highest BCUT2D eigenvalue weighted by Gasteiger charge is 2.14. The summed E-state index contributed by atoms with van der Waals surface area (Å²) in [5.41, 5.74) is 2.35. The Labute approximate surface area is 154 Å². The number of hydrogen-bond acceptors (Lipinski definition) is 5. The minimum Gasteiger partial charge on any atom is -0.489 e. The van der Waals surface area contributed by atoms with Gasteiger partial charge in [-0.1, -0.05) is 24.3 Å². The summed E-state index contributed by atoms with van der Waals surface area (Å²) in [6, 6.07) is 14.3. The van der Waals surface area contributed by atoms with Gasteiger partial charge < -0.3 is 18.9 Å². The van der Waals surface area contributed by atoms with E-state index in [1.807, 2.05) is 24.3 Å². The number of aryl methyl sites for hydroxylation is 1. The van der Waals surface area contributed by atoms with Gasteiger partial charge in [-0.25, -0.2) is 0 Å². The molecule has 0 unspecified atom stereocenters. The minimum absolute atomic E-state index is 0.297. The maximum atomic E-state index is 6.10. The second-order valence-corrected chi connectivity index (χ2v) is 6.64. The highest BCUT2D eigenvalue weighted by molar-refractivity contribution is 5.44.